The minimum Gasteiger partial charge on any atom is -0.478 e. The minimum atomic E-state index is -4.47. The number of halogens is 3. The van der Waals surface area contributed by atoms with Crippen molar-refractivity contribution in [2.45, 2.75) is 69.3 Å². The Balaban J connectivity index is 1.10. The van der Waals surface area contributed by atoms with Crippen LogP contribution < -0.4 is 4.74 Å². The van der Waals surface area contributed by atoms with Crippen molar-refractivity contribution >= 4 is 11.9 Å². The van der Waals surface area contributed by atoms with Crippen LogP contribution in [0.15, 0.2) is 42.5 Å². The molecule has 0 unspecified atom stereocenters. The van der Waals surface area contributed by atoms with E-state index >= 15 is 0 Å². The van der Waals surface area contributed by atoms with E-state index in [2.05, 4.69) is 11.8 Å². The average molecular weight is 573 g/mol. The third-order valence-corrected chi connectivity index (χ3v) is 9.41. The number of likely N-dealkylation sites (tertiary alicyclic amines) is 1. The van der Waals surface area contributed by atoms with Gasteiger partial charge in [0.25, 0.3) is 5.91 Å². The fourth-order valence-electron chi connectivity index (χ4n) is 7.01. The quantitative estimate of drug-likeness (QED) is 0.507. The lowest BCUT2D eigenvalue weighted by atomic mass is 9.79. The standard InChI is InChI=1S/C31H35F3N2O5/c1-19-15-35(12-10-26(19)20-3-2-4-21(13-20)28(37)38)25-9-11-30(41-17-25,23-5-6-23)29(39)36-16-22-14-24(31(32,33)34)7-8-27(22)40-18-36/h2-4,7-8,13-14,19,23,25-26H,5-6,9-12,15-18H2,1H3,(H,37,38)/t19-,25+,26-,30-/m0/s1. The first-order chi connectivity index (χ1) is 19.5. The molecular formula is C31H35F3N2O5. The van der Waals surface area contributed by atoms with E-state index in [4.69, 9.17) is 9.47 Å². The van der Waals surface area contributed by atoms with E-state index in [0.717, 1.165) is 56.5 Å². The number of rotatable bonds is 5. The first kappa shape index (κ1) is 28.0. The summed E-state index contributed by atoms with van der Waals surface area (Å²) in [6, 6.07) is 10.8. The van der Waals surface area contributed by atoms with Crippen LogP contribution >= 0.6 is 0 Å². The largest absolute Gasteiger partial charge is 0.478 e. The number of aromatic carboxylic acids is 1. The lowest BCUT2D eigenvalue weighted by Gasteiger charge is -2.47. The van der Waals surface area contributed by atoms with Gasteiger partial charge in [-0.05, 0) is 92.3 Å². The summed E-state index contributed by atoms with van der Waals surface area (Å²) in [5.41, 5.74) is 0.00526. The van der Waals surface area contributed by atoms with E-state index in [1.807, 2.05) is 12.1 Å². The molecule has 6 rings (SSSR count). The summed E-state index contributed by atoms with van der Waals surface area (Å²) in [5, 5.41) is 9.38. The fraction of sp³-hybridized carbons (Fsp3) is 0.548. The smallest absolute Gasteiger partial charge is 0.416 e. The average Bonchev–Trinajstić information content (AvgIpc) is 3.82. The molecule has 2 aromatic rings. The van der Waals surface area contributed by atoms with Crippen LogP contribution in [0.1, 0.15) is 72.0 Å². The Morgan fingerprint density at radius 2 is 1.88 bits per heavy atom. The van der Waals surface area contributed by atoms with Gasteiger partial charge in [0.05, 0.1) is 24.3 Å². The molecule has 1 saturated carbocycles. The molecule has 220 valence electrons. The maximum absolute atomic E-state index is 13.9. The number of carbonyl (C=O) groups is 2. The SMILES string of the molecule is C[C@H]1CN([C@@H]2CC[C@@](C(=O)N3COc4ccc(C(F)(F)F)cc4C3)(C3CC3)OC2)CC[C@@H]1c1cccc(C(=O)O)c1. The van der Waals surface area contributed by atoms with Crippen molar-refractivity contribution in [3.63, 3.8) is 0 Å². The van der Waals surface area contributed by atoms with Gasteiger partial charge in [-0.25, -0.2) is 4.79 Å². The maximum atomic E-state index is 13.9. The second kappa shape index (κ2) is 10.6. The van der Waals surface area contributed by atoms with Crippen molar-refractivity contribution in [1.29, 1.82) is 0 Å². The van der Waals surface area contributed by atoms with Crippen LogP contribution in [0.2, 0.25) is 0 Å². The monoisotopic (exact) mass is 572 g/mol. The predicted molar refractivity (Wildman–Crippen MR) is 143 cm³/mol. The summed E-state index contributed by atoms with van der Waals surface area (Å²) >= 11 is 0. The molecule has 2 saturated heterocycles. The van der Waals surface area contributed by atoms with Crippen LogP contribution in [0.3, 0.4) is 0 Å². The molecule has 0 aromatic heterocycles. The third kappa shape index (κ3) is 5.44. The lowest BCUT2D eigenvalue weighted by Crippen LogP contribution is -2.59. The molecule has 3 heterocycles. The topological polar surface area (TPSA) is 79.3 Å². The van der Waals surface area contributed by atoms with Gasteiger partial charge in [0, 0.05) is 18.2 Å². The number of ether oxygens (including phenoxy) is 2. The van der Waals surface area contributed by atoms with Crippen LogP contribution in [0.4, 0.5) is 13.2 Å². The molecule has 0 radical (unpaired) electrons. The van der Waals surface area contributed by atoms with Crippen molar-refractivity contribution in [1.82, 2.24) is 9.80 Å². The van der Waals surface area contributed by atoms with Gasteiger partial charge in [-0.15, -0.1) is 0 Å². The van der Waals surface area contributed by atoms with Crippen LogP contribution in [-0.4, -0.2) is 64.9 Å². The Morgan fingerprint density at radius 1 is 1.07 bits per heavy atom. The Hall–Kier alpha value is -3.11. The number of carboxylic acids is 1. The molecule has 0 bridgehead atoms. The molecule has 1 N–H and O–H groups in total. The van der Waals surface area contributed by atoms with Gasteiger partial charge in [0.1, 0.15) is 11.4 Å². The highest BCUT2D eigenvalue weighted by Gasteiger charge is 2.56. The van der Waals surface area contributed by atoms with E-state index in [-0.39, 0.29) is 37.1 Å². The first-order valence-corrected chi connectivity index (χ1v) is 14.4. The Bertz CT molecular complexity index is 1320. The molecule has 3 aliphatic heterocycles. The molecule has 41 heavy (non-hydrogen) atoms. The number of fused-ring (bicyclic) bond motifs is 1. The molecule has 10 heteroatoms. The number of carboxylic acid groups (broad SMARTS) is 1. The van der Waals surface area contributed by atoms with Crippen molar-refractivity contribution in [2.75, 3.05) is 26.4 Å². The summed E-state index contributed by atoms with van der Waals surface area (Å²) in [4.78, 5) is 29.3. The van der Waals surface area contributed by atoms with Crippen molar-refractivity contribution in [2.24, 2.45) is 11.8 Å². The van der Waals surface area contributed by atoms with Gasteiger partial charge in [-0.2, -0.15) is 13.2 Å². The van der Waals surface area contributed by atoms with Crippen LogP contribution in [0.25, 0.3) is 0 Å². The number of carbonyl (C=O) groups excluding carboxylic acids is 1. The van der Waals surface area contributed by atoms with Gasteiger partial charge in [0.15, 0.2) is 6.73 Å². The minimum absolute atomic E-state index is 0.00738. The van der Waals surface area contributed by atoms with Gasteiger partial charge in [-0.3, -0.25) is 9.69 Å². The van der Waals surface area contributed by atoms with E-state index in [1.54, 1.807) is 12.1 Å². The zero-order valence-corrected chi connectivity index (χ0v) is 23.0. The number of piperidine rings is 1. The van der Waals surface area contributed by atoms with Crippen molar-refractivity contribution < 1.29 is 37.3 Å². The second-order valence-corrected chi connectivity index (χ2v) is 12.1. The third-order valence-electron chi connectivity index (χ3n) is 9.41. The lowest BCUT2D eigenvalue weighted by molar-refractivity contribution is -0.180. The zero-order valence-electron chi connectivity index (χ0n) is 23.0. The first-order valence-electron chi connectivity index (χ1n) is 14.4. The number of alkyl halides is 3. The Morgan fingerprint density at radius 3 is 2.54 bits per heavy atom. The van der Waals surface area contributed by atoms with E-state index in [1.165, 1.54) is 11.0 Å². The van der Waals surface area contributed by atoms with Gasteiger partial charge < -0.3 is 19.5 Å². The molecule has 1 aliphatic carbocycles. The fourth-order valence-corrected chi connectivity index (χ4v) is 7.01. The zero-order chi connectivity index (χ0) is 28.9. The molecular weight excluding hydrogens is 537 g/mol. The highest BCUT2D eigenvalue weighted by Crippen LogP contribution is 2.49. The van der Waals surface area contributed by atoms with Gasteiger partial charge >= 0.3 is 12.1 Å². The predicted octanol–water partition coefficient (Wildman–Crippen LogP) is 5.54. The summed E-state index contributed by atoms with van der Waals surface area (Å²) in [6.07, 6.45) is -0.375. The van der Waals surface area contributed by atoms with E-state index in [0.29, 0.717) is 35.8 Å². The Labute approximate surface area is 237 Å². The normalized spacial score (nSPS) is 29.0. The molecule has 4 aliphatic rings. The summed E-state index contributed by atoms with van der Waals surface area (Å²) in [6.45, 7) is 4.41. The molecule has 3 fully saturated rings. The van der Waals surface area contributed by atoms with Crippen molar-refractivity contribution in [3.8, 4) is 5.75 Å². The molecule has 7 nitrogen and oxygen atoms in total. The van der Waals surface area contributed by atoms with Crippen molar-refractivity contribution in [3.05, 3.63) is 64.7 Å². The summed E-state index contributed by atoms with van der Waals surface area (Å²) in [5.74, 6) is -0.00798. The maximum Gasteiger partial charge on any atom is 0.416 e. The number of amides is 1. The van der Waals surface area contributed by atoms with Crippen LogP contribution in [0, 0.1) is 11.8 Å². The second-order valence-electron chi connectivity index (χ2n) is 12.1. The van der Waals surface area contributed by atoms with Gasteiger partial charge in [-0.1, -0.05) is 19.1 Å². The highest BCUT2D eigenvalue weighted by atomic mass is 19.4. The Kier molecular flexibility index (Phi) is 7.26. The van der Waals surface area contributed by atoms with E-state index < -0.39 is 23.3 Å². The summed E-state index contributed by atoms with van der Waals surface area (Å²) in [7, 11) is 0. The number of hydrogen-bond acceptors (Lipinski definition) is 5. The number of benzene rings is 2. The van der Waals surface area contributed by atoms with E-state index in [9.17, 15) is 27.9 Å². The molecule has 2 aromatic carbocycles. The molecule has 1 amide bonds. The highest BCUT2D eigenvalue weighted by molar-refractivity contribution is 5.88. The number of hydrogen-bond donors (Lipinski definition) is 1. The molecule has 0 spiro atoms. The van der Waals surface area contributed by atoms with Crippen LogP contribution in [0.5, 0.6) is 5.75 Å². The van der Waals surface area contributed by atoms with Gasteiger partial charge in [0.2, 0.25) is 0 Å². The summed E-state index contributed by atoms with van der Waals surface area (Å²) < 4.78 is 52.0. The molecule has 4 atom stereocenters. The number of nitrogens with zero attached hydrogens (tertiary/aromatic N) is 2. The van der Waals surface area contributed by atoms with Crippen LogP contribution in [-0.2, 0) is 22.3 Å².